The molecule has 1 aliphatic rings. The van der Waals surface area contributed by atoms with E-state index in [0.717, 1.165) is 10.2 Å². The number of hydrogen-bond donors (Lipinski definition) is 2. The Hall–Kier alpha value is -0.580. The topological polar surface area (TPSA) is 41.5 Å². The number of aliphatic hydroxyl groups excluding tert-OH is 1. The number of aliphatic hydroxyl groups is 1. The van der Waals surface area contributed by atoms with Crippen LogP contribution in [0.25, 0.3) is 0 Å². The van der Waals surface area contributed by atoms with E-state index < -0.39 is 6.10 Å². The summed E-state index contributed by atoms with van der Waals surface area (Å²) < 4.78 is 6.63. The maximum absolute atomic E-state index is 10.1. The molecule has 3 nitrogen and oxygen atoms in total. The van der Waals surface area contributed by atoms with Gasteiger partial charge in [-0.15, -0.1) is 0 Å². The zero-order valence-corrected chi connectivity index (χ0v) is 14.5. The first-order valence-corrected chi connectivity index (χ1v) is 8.56. The summed E-state index contributed by atoms with van der Waals surface area (Å²) in [6, 6.07) is 8.16. The summed E-state index contributed by atoms with van der Waals surface area (Å²) in [5.74, 6) is 0.787. The molecule has 0 heterocycles. The molecular formula is C17H26BrNO2. The van der Waals surface area contributed by atoms with Crippen LogP contribution in [-0.4, -0.2) is 30.4 Å². The highest BCUT2D eigenvalue weighted by atomic mass is 79.9. The molecule has 21 heavy (non-hydrogen) atoms. The number of ether oxygens (including phenoxy) is 1. The summed E-state index contributed by atoms with van der Waals surface area (Å²) in [5, 5.41) is 13.6. The molecule has 2 atom stereocenters. The highest BCUT2D eigenvalue weighted by molar-refractivity contribution is 9.10. The molecule has 1 saturated carbocycles. The highest BCUT2D eigenvalue weighted by Gasteiger charge is 2.31. The summed E-state index contributed by atoms with van der Waals surface area (Å²) in [6.07, 6.45) is 4.59. The molecule has 2 unspecified atom stereocenters. The molecule has 0 aliphatic heterocycles. The average molecular weight is 356 g/mol. The molecule has 1 aromatic rings. The molecule has 2 rings (SSSR count). The van der Waals surface area contributed by atoms with E-state index in [2.05, 4.69) is 35.1 Å². The average Bonchev–Trinajstić information content (AvgIpc) is 2.45. The van der Waals surface area contributed by atoms with Crippen molar-refractivity contribution in [2.75, 3.05) is 13.2 Å². The van der Waals surface area contributed by atoms with Crippen LogP contribution in [0.4, 0.5) is 0 Å². The first-order valence-electron chi connectivity index (χ1n) is 7.77. The third-order valence-electron chi connectivity index (χ3n) is 4.36. The molecule has 118 valence electrons. The lowest BCUT2D eigenvalue weighted by Gasteiger charge is -2.39. The van der Waals surface area contributed by atoms with E-state index in [4.69, 9.17) is 4.74 Å². The molecule has 2 N–H and O–H groups in total. The predicted molar refractivity (Wildman–Crippen MR) is 89.7 cm³/mol. The van der Waals surface area contributed by atoms with Crippen molar-refractivity contribution in [1.29, 1.82) is 0 Å². The highest BCUT2D eigenvalue weighted by Crippen LogP contribution is 2.35. The lowest BCUT2D eigenvalue weighted by atomic mass is 9.73. The number of benzene rings is 1. The monoisotopic (exact) mass is 355 g/mol. The molecule has 1 fully saturated rings. The fourth-order valence-electron chi connectivity index (χ4n) is 2.93. The van der Waals surface area contributed by atoms with Crippen molar-refractivity contribution in [3.8, 4) is 5.75 Å². The summed E-state index contributed by atoms with van der Waals surface area (Å²) in [7, 11) is 0. The number of rotatable bonds is 6. The third-order valence-corrected chi connectivity index (χ3v) is 4.89. The predicted octanol–water partition coefficient (Wildman–Crippen LogP) is 3.75. The van der Waals surface area contributed by atoms with Crippen LogP contribution in [0, 0.1) is 5.41 Å². The van der Waals surface area contributed by atoms with Gasteiger partial charge in [-0.25, -0.2) is 0 Å². The van der Waals surface area contributed by atoms with Crippen molar-refractivity contribution >= 4 is 15.9 Å². The van der Waals surface area contributed by atoms with E-state index in [1.165, 1.54) is 25.7 Å². The van der Waals surface area contributed by atoms with Crippen molar-refractivity contribution in [3.63, 3.8) is 0 Å². The van der Waals surface area contributed by atoms with Gasteiger partial charge in [0.15, 0.2) is 0 Å². The third kappa shape index (κ3) is 5.28. The molecule has 1 aliphatic carbocycles. The normalized spacial score (nSPS) is 22.8. The Morgan fingerprint density at radius 2 is 2.05 bits per heavy atom. The lowest BCUT2D eigenvalue weighted by molar-refractivity contribution is 0.0878. The van der Waals surface area contributed by atoms with Crippen LogP contribution >= 0.6 is 15.9 Å². The van der Waals surface area contributed by atoms with Crippen molar-refractivity contribution in [3.05, 3.63) is 28.7 Å². The fourth-order valence-corrected chi connectivity index (χ4v) is 3.20. The Morgan fingerprint density at radius 1 is 1.33 bits per heavy atom. The van der Waals surface area contributed by atoms with Crippen molar-refractivity contribution in [1.82, 2.24) is 5.32 Å². The summed E-state index contributed by atoms with van der Waals surface area (Å²) in [5.41, 5.74) is 0.324. The van der Waals surface area contributed by atoms with Crippen LogP contribution < -0.4 is 10.1 Å². The van der Waals surface area contributed by atoms with Gasteiger partial charge in [-0.3, -0.25) is 0 Å². The summed E-state index contributed by atoms with van der Waals surface area (Å²) in [6.45, 7) is 5.54. The van der Waals surface area contributed by atoms with Crippen molar-refractivity contribution in [2.24, 2.45) is 5.41 Å². The van der Waals surface area contributed by atoms with E-state index in [1.807, 2.05) is 24.3 Å². The SMILES string of the molecule is CC1(C)CCCCC1NCC(O)COc1ccc(Br)cc1. The van der Waals surface area contributed by atoms with Gasteiger partial charge in [-0.05, 0) is 42.5 Å². The van der Waals surface area contributed by atoms with Gasteiger partial charge >= 0.3 is 0 Å². The van der Waals surface area contributed by atoms with Crippen molar-refractivity contribution < 1.29 is 9.84 Å². The van der Waals surface area contributed by atoms with Crippen LogP contribution in [0.15, 0.2) is 28.7 Å². The molecule has 0 radical (unpaired) electrons. The second kappa shape index (κ2) is 7.61. The largest absolute Gasteiger partial charge is 0.491 e. The van der Waals surface area contributed by atoms with Gasteiger partial charge in [0.05, 0.1) is 0 Å². The zero-order valence-electron chi connectivity index (χ0n) is 12.9. The zero-order chi connectivity index (χ0) is 15.3. The fraction of sp³-hybridized carbons (Fsp3) is 0.647. The molecule has 1 aromatic carbocycles. The molecule has 0 amide bonds. The minimum atomic E-state index is -0.480. The molecule has 0 aromatic heterocycles. The molecule has 0 spiro atoms. The first kappa shape index (κ1) is 16.8. The Bertz CT molecular complexity index is 433. The van der Waals surface area contributed by atoms with Gasteiger partial charge in [-0.2, -0.15) is 0 Å². The molecular weight excluding hydrogens is 330 g/mol. The molecule has 4 heteroatoms. The van der Waals surface area contributed by atoms with Crippen LogP contribution in [-0.2, 0) is 0 Å². The van der Waals surface area contributed by atoms with Crippen LogP contribution in [0.5, 0.6) is 5.75 Å². The second-order valence-electron chi connectivity index (χ2n) is 6.61. The minimum Gasteiger partial charge on any atom is -0.491 e. The number of halogens is 1. The van der Waals surface area contributed by atoms with Gasteiger partial charge in [0, 0.05) is 17.1 Å². The Balaban J connectivity index is 1.72. The molecule has 0 saturated heterocycles. The number of nitrogens with one attached hydrogen (secondary N) is 1. The maximum Gasteiger partial charge on any atom is 0.119 e. The van der Waals surface area contributed by atoms with E-state index in [9.17, 15) is 5.11 Å². The second-order valence-corrected chi connectivity index (χ2v) is 7.53. The first-order chi connectivity index (χ1) is 9.97. The van der Waals surface area contributed by atoms with Gasteiger partial charge in [0.2, 0.25) is 0 Å². The molecule has 0 bridgehead atoms. The van der Waals surface area contributed by atoms with Gasteiger partial charge in [-0.1, -0.05) is 42.6 Å². The van der Waals surface area contributed by atoms with Crippen molar-refractivity contribution in [2.45, 2.75) is 51.7 Å². The standard InChI is InChI=1S/C17H26BrNO2/c1-17(2)10-4-3-5-16(17)19-11-14(20)12-21-15-8-6-13(18)7-9-15/h6-9,14,16,19-20H,3-5,10-12H2,1-2H3. The van der Waals surface area contributed by atoms with Gasteiger partial charge < -0.3 is 15.2 Å². The van der Waals surface area contributed by atoms with Crippen LogP contribution in [0.1, 0.15) is 39.5 Å². The van der Waals surface area contributed by atoms with E-state index in [1.54, 1.807) is 0 Å². The van der Waals surface area contributed by atoms with E-state index in [-0.39, 0.29) is 0 Å². The van der Waals surface area contributed by atoms with Gasteiger partial charge in [0.25, 0.3) is 0 Å². The Kier molecular flexibility index (Phi) is 6.08. The smallest absolute Gasteiger partial charge is 0.119 e. The summed E-state index contributed by atoms with van der Waals surface area (Å²) in [4.78, 5) is 0. The number of hydrogen-bond acceptors (Lipinski definition) is 3. The Morgan fingerprint density at radius 3 is 2.71 bits per heavy atom. The lowest BCUT2D eigenvalue weighted by Crippen LogP contribution is -2.47. The van der Waals surface area contributed by atoms with Crippen LogP contribution in [0.3, 0.4) is 0 Å². The van der Waals surface area contributed by atoms with Crippen LogP contribution in [0.2, 0.25) is 0 Å². The summed E-state index contributed by atoms with van der Waals surface area (Å²) >= 11 is 3.39. The van der Waals surface area contributed by atoms with Gasteiger partial charge in [0.1, 0.15) is 18.5 Å². The van der Waals surface area contributed by atoms with E-state index in [0.29, 0.717) is 24.6 Å². The quantitative estimate of drug-likeness (QED) is 0.816. The maximum atomic E-state index is 10.1. The van der Waals surface area contributed by atoms with E-state index >= 15 is 0 Å². The minimum absolute atomic E-state index is 0.321. The Labute approximate surface area is 136 Å².